The summed E-state index contributed by atoms with van der Waals surface area (Å²) in [5, 5.41) is 8.98. The van der Waals surface area contributed by atoms with E-state index < -0.39 is 23.8 Å². The molecule has 1 aromatic carbocycles. The maximum absolute atomic E-state index is 11.8. The van der Waals surface area contributed by atoms with Gasteiger partial charge in [0.05, 0.1) is 12.5 Å². The number of carbonyl (C=O) groups excluding carboxylic acids is 2. The fourth-order valence-corrected chi connectivity index (χ4v) is 2.25. The maximum Gasteiger partial charge on any atom is 0.305 e. The molecule has 0 bridgehead atoms. The Balaban J connectivity index is 2.20. The zero-order valence-corrected chi connectivity index (χ0v) is 10.8. The van der Waals surface area contributed by atoms with E-state index in [9.17, 15) is 14.4 Å². The van der Waals surface area contributed by atoms with Gasteiger partial charge in [-0.05, 0) is 12.0 Å². The highest BCUT2D eigenvalue weighted by atomic mass is 16.5. The van der Waals surface area contributed by atoms with E-state index in [4.69, 9.17) is 9.84 Å². The average Bonchev–Trinajstić information content (AvgIpc) is 2.39. The van der Waals surface area contributed by atoms with Crippen LogP contribution >= 0.6 is 0 Å². The molecule has 1 atom stereocenters. The number of carbonyl (C=O) groups is 3. The number of carboxylic acids is 1. The average molecular weight is 277 g/mol. The molecule has 6 heteroatoms. The van der Waals surface area contributed by atoms with Crippen molar-refractivity contribution in [3.8, 4) is 0 Å². The quantitative estimate of drug-likeness (QED) is 0.790. The third kappa shape index (κ3) is 3.42. The van der Waals surface area contributed by atoms with Gasteiger partial charge in [0.1, 0.15) is 13.2 Å². The van der Waals surface area contributed by atoms with E-state index in [0.717, 1.165) is 10.5 Å². The molecule has 1 unspecified atom stereocenters. The molecule has 2 amide bonds. The highest BCUT2D eigenvalue weighted by Crippen LogP contribution is 2.16. The van der Waals surface area contributed by atoms with Crippen molar-refractivity contribution < 1.29 is 24.2 Å². The first-order valence-electron chi connectivity index (χ1n) is 6.26. The monoisotopic (exact) mass is 277 g/mol. The summed E-state index contributed by atoms with van der Waals surface area (Å²) in [7, 11) is 0. The van der Waals surface area contributed by atoms with Crippen molar-refractivity contribution >= 4 is 17.8 Å². The minimum Gasteiger partial charge on any atom is -0.481 e. The van der Waals surface area contributed by atoms with Crippen LogP contribution < -0.4 is 0 Å². The maximum atomic E-state index is 11.8. The first kappa shape index (κ1) is 14.2. The summed E-state index contributed by atoms with van der Waals surface area (Å²) in [4.78, 5) is 35.6. The van der Waals surface area contributed by atoms with Crippen LogP contribution in [0.1, 0.15) is 12.0 Å². The number of amides is 2. The Bertz CT molecular complexity index is 498. The highest BCUT2D eigenvalue weighted by Gasteiger charge is 2.34. The van der Waals surface area contributed by atoms with Gasteiger partial charge >= 0.3 is 5.97 Å². The van der Waals surface area contributed by atoms with Crippen molar-refractivity contribution in [2.24, 2.45) is 0 Å². The standard InChI is InChI=1S/C14H15NO5/c16-12-8-20-9-13(17)15(12)11(7-14(18)19)6-10-4-2-1-3-5-10/h1-5,11H,6-9H2,(H,18,19). The molecular formula is C14H15NO5. The van der Waals surface area contributed by atoms with Crippen LogP contribution in [0.4, 0.5) is 0 Å². The molecule has 6 nitrogen and oxygen atoms in total. The van der Waals surface area contributed by atoms with Gasteiger partial charge < -0.3 is 9.84 Å². The Morgan fingerprint density at radius 1 is 1.20 bits per heavy atom. The molecule has 1 aliphatic rings. The zero-order valence-electron chi connectivity index (χ0n) is 10.8. The summed E-state index contributed by atoms with van der Waals surface area (Å²) in [6.45, 7) is -0.368. The molecule has 1 N–H and O–H groups in total. The normalized spacial score (nSPS) is 17.1. The smallest absolute Gasteiger partial charge is 0.305 e. The second-order valence-corrected chi connectivity index (χ2v) is 4.59. The molecule has 1 heterocycles. The van der Waals surface area contributed by atoms with Crippen molar-refractivity contribution in [2.75, 3.05) is 13.2 Å². The lowest BCUT2D eigenvalue weighted by molar-refractivity contribution is -0.162. The minimum atomic E-state index is -1.04. The van der Waals surface area contributed by atoms with Gasteiger partial charge in [0, 0.05) is 0 Å². The Morgan fingerprint density at radius 3 is 2.35 bits per heavy atom. The topological polar surface area (TPSA) is 83.9 Å². The first-order valence-corrected chi connectivity index (χ1v) is 6.26. The van der Waals surface area contributed by atoms with E-state index >= 15 is 0 Å². The predicted molar refractivity (Wildman–Crippen MR) is 68.9 cm³/mol. The fourth-order valence-electron chi connectivity index (χ4n) is 2.25. The SMILES string of the molecule is O=C(O)CC(Cc1ccccc1)N1C(=O)COCC1=O. The first-order chi connectivity index (χ1) is 9.58. The van der Waals surface area contributed by atoms with E-state index in [2.05, 4.69) is 0 Å². The Labute approximate surface area is 115 Å². The predicted octanol–water partition coefficient (Wildman–Crippen LogP) is 0.458. The molecule has 0 saturated carbocycles. The van der Waals surface area contributed by atoms with Crippen LogP contribution in [0.15, 0.2) is 30.3 Å². The number of rotatable bonds is 5. The second-order valence-electron chi connectivity index (χ2n) is 4.59. The van der Waals surface area contributed by atoms with Crippen LogP contribution in [0, 0.1) is 0 Å². The molecule has 1 aliphatic heterocycles. The van der Waals surface area contributed by atoms with E-state index in [0.29, 0.717) is 6.42 Å². The van der Waals surface area contributed by atoms with Gasteiger partial charge in [-0.1, -0.05) is 30.3 Å². The van der Waals surface area contributed by atoms with Crippen LogP contribution in [0.2, 0.25) is 0 Å². The number of imide groups is 1. The van der Waals surface area contributed by atoms with E-state index in [1.807, 2.05) is 30.3 Å². The number of carboxylic acid groups (broad SMARTS) is 1. The Kier molecular flexibility index (Phi) is 4.47. The lowest BCUT2D eigenvalue weighted by Gasteiger charge is -2.32. The van der Waals surface area contributed by atoms with Gasteiger partial charge in [-0.25, -0.2) is 0 Å². The number of nitrogens with zero attached hydrogens (tertiary/aromatic N) is 1. The van der Waals surface area contributed by atoms with Gasteiger partial charge in [0.2, 0.25) is 0 Å². The van der Waals surface area contributed by atoms with Crippen molar-refractivity contribution in [1.82, 2.24) is 4.90 Å². The molecule has 0 radical (unpaired) electrons. The molecule has 0 aliphatic carbocycles. The summed E-state index contributed by atoms with van der Waals surface area (Å²) >= 11 is 0. The summed E-state index contributed by atoms with van der Waals surface area (Å²) in [6, 6.07) is 8.50. The Morgan fingerprint density at radius 2 is 1.80 bits per heavy atom. The summed E-state index contributed by atoms with van der Waals surface area (Å²) in [6.07, 6.45) is 0.0526. The van der Waals surface area contributed by atoms with Crippen molar-refractivity contribution in [1.29, 1.82) is 0 Å². The fraction of sp³-hybridized carbons (Fsp3) is 0.357. The van der Waals surface area contributed by atoms with Crippen LogP contribution in [0.3, 0.4) is 0 Å². The lowest BCUT2D eigenvalue weighted by Crippen LogP contribution is -2.52. The molecule has 2 rings (SSSR count). The minimum absolute atomic E-state index is 0.184. The van der Waals surface area contributed by atoms with Gasteiger partial charge in [-0.3, -0.25) is 19.3 Å². The zero-order chi connectivity index (χ0) is 14.5. The van der Waals surface area contributed by atoms with Gasteiger partial charge in [-0.2, -0.15) is 0 Å². The number of aliphatic carboxylic acids is 1. The highest BCUT2D eigenvalue weighted by molar-refractivity contribution is 5.99. The number of hydrogen-bond donors (Lipinski definition) is 1. The summed E-state index contributed by atoms with van der Waals surface area (Å²) < 4.78 is 4.84. The van der Waals surface area contributed by atoms with Crippen molar-refractivity contribution in [3.05, 3.63) is 35.9 Å². The summed E-state index contributed by atoms with van der Waals surface area (Å²) in [5.74, 6) is -2.01. The molecule has 0 aromatic heterocycles. The largest absolute Gasteiger partial charge is 0.481 e. The van der Waals surface area contributed by atoms with E-state index in [1.54, 1.807) is 0 Å². The van der Waals surface area contributed by atoms with Gasteiger partial charge in [-0.15, -0.1) is 0 Å². The van der Waals surface area contributed by atoms with Crippen molar-refractivity contribution in [2.45, 2.75) is 18.9 Å². The molecule has 1 aromatic rings. The van der Waals surface area contributed by atoms with Crippen molar-refractivity contribution in [3.63, 3.8) is 0 Å². The van der Waals surface area contributed by atoms with Crippen LogP contribution in [-0.4, -0.2) is 47.0 Å². The number of hydrogen-bond acceptors (Lipinski definition) is 4. The molecule has 20 heavy (non-hydrogen) atoms. The second kappa shape index (κ2) is 6.29. The number of morpholine rings is 1. The third-order valence-corrected chi connectivity index (χ3v) is 3.08. The number of benzene rings is 1. The van der Waals surface area contributed by atoms with Crippen LogP contribution in [0.25, 0.3) is 0 Å². The van der Waals surface area contributed by atoms with Crippen LogP contribution in [0.5, 0.6) is 0 Å². The molecule has 106 valence electrons. The molecule has 0 spiro atoms. The van der Waals surface area contributed by atoms with E-state index in [-0.39, 0.29) is 19.6 Å². The van der Waals surface area contributed by atoms with Gasteiger partial charge in [0.25, 0.3) is 11.8 Å². The van der Waals surface area contributed by atoms with E-state index in [1.165, 1.54) is 0 Å². The third-order valence-electron chi connectivity index (χ3n) is 3.08. The van der Waals surface area contributed by atoms with Crippen LogP contribution in [-0.2, 0) is 25.5 Å². The molecular weight excluding hydrogens is 262 g/mol. The summed E-state index contributed by atoms with van der Waals surface area (Å²) in [5.41, 5.74) is 0.880. The molecule has 1 fully saturated rings. The molecule has 1 saturated heterocycles. The van der Waals surface area contributed by atoms with Gasteiger partial charge in [0.15, 0.2) is 0 Å². The number of ether oxygens (including phenoxy) is 1. The lowest BCUT2D eigenvalue weighted by atomic mass is 10.0. The Hall–Kier alpha value is -2.21.